The van der Waals surface area contributed by atoms with Crippen molar-refractivity contribution in [3.8, 4) is 0 Å². The van der Waals surface area contributed by atoms with Gasteiger partial charge in [0.25, 0.3) is 0 Å². The van der Waals surface area contributed by atoms with Gasteiger partial charge < -0.3 is 15.4 Å². The van der Waals surface area contributed by atoms with Gasteiger partial charge >= 0.3 is 0 Å². The third-order valence-corrected chi connectivity index (χ3v) is 4.00. The Labute approximate surface area is 109 Å². The number of carbonyl (C=O) groups excluding carboxylic acids is 1. The monoisotopic (exact) mass is 252 g/mol. The van der Waals surface area contributed by atoms with Crippen LogP contribution in [0.5, 0.6) is 0 Å². The summed E-state index contributed by atoms with van der Waals surface area (Å²) in [6, 6.07) is 0.786. The van der Waals surface area contributed by atoms with E-state index in [4.69, 9.17) is 4.74 Å². The van der Waals surface area contributed by atoms with Gasteiger partial charge in [-0.1, -0.05) is 25.8 Å². The molecule has 2 rings (SSSR count). The summed E-state index contributed by atoms with van der Waals surface area (Å²) in [5.74, 6) is 0.778. The van der Waals surface area contributed by atoms with E-state index in [1.54, 1.807) is 0 Å². The van der Waals surface area contributed by atoms with E-state index < -0.39 is 0 Å². The van der Waals surface area contributed by atoms with Crippen LogP contribution in [0.3, 0.4) is 0 Å². The van der Waals surface area contributed by atoms with Gasteiger partial charge in [-0.05, 0) is 25.3 Å². The lowest BCUT2D eigenvalue weighted by atomic mass is 9.81. The largest absolute Gasteiger partial charge is 0.378 e. The van der Waals surface area contributed by atoms with Crippen LogP contribution >= 0.6 is 0 Å². The van der Waals surface area contributed by atoms with Crippen LogP contribution in [0.2, 0.25) is 0 Å². The van der Waals surface area contributed by atoms with Gasteiger partial charge in [-0.2, -0.15) is 0 Å². The SMILES string of the molecule is C=CC(=O)NC1COCC1NC(C)CC1CCC1. The summed E-state index contributed by atoms with van der Waals surface area (Å²) < 4.78 is 5.45. The quantitative estimate of drug-likeness (QED) is 0.699. The Kier molecular flexibility index (Phi) is 4.78. The maximum absolute atomic E-state index is 11.3. The van der Waals surface area contributed by atoms with Crippen molar-refractivity contribution in [3.05, 3.63) is 12.7 Å². The van der Waals surface area contributed by atoms with Crippen molar-refractivity contribution in [1.82, 2.24) is 10.6 Å². The highest BCUT2D eigenvalue weighted by molar-refractivity contribution is 5.87. The zero-order valence-electron chi connectivity index (χ0n) is 11.2. The fourth-order valence-electron chi connectivity index (χ4n) is 2.76. The summed E-state index contributed by atoms with van der Waals surface area (Å²) in [5.41, 5.74) is 0. The Morgan fingerprint density at radius 2 is 2.17 bits per heavy atom. The van der Waals surface area contributed by atoms with E-state index in [1.165, 1.54) is 31.8 Å². The van der Waals surface area contributed by atoms with Gasteiger partial charge in [-0.15, -0.1) is 0 Å². The van der Waals surface area contributed by atoms with Crippen molar-refractivity contribution < 1.29 is 9.53 Å². The molecule has 0 aromatic rings. The van der Waals surface area contributed by atoms with Gasteiger partial charge in [0.15, 0.2) is 0 Å². The summed E-state index contributed by atoms with van der Waals surface area (Å²) in [7, 11) is 0. The molecule has 3 atom stereocenters. The molecule has 1 amide bonds. The molecule has 1 saturated carbocycles. The molecule has 0 aromatic carbocycles. The molecule has 102 valence electrons. The van der Waals surface area contributed by atoms with Crippen LogP contribution < -0.4 is 10.6 Å². The van der Waals surface area contributed by atoms with E-state index in [-0.39, 0.29) is 18.0 Å². The smallest absolute Gasteiger partial charge is 0.243 e. The normalized spacial score (nSPS) is 29.6. The van der Waals surface area contributed by atoms with Crippen molar-refractivity contribution in [3.63, 3.8) is 0 Å². The first kappa shape index (κ1) is 13.6. The number of hydrogen-bond acceptors (Lipinski definition) is 3. The first-order valence-corrected chi connectivity index (χ1v) is 6.95. The van der Waals surface area contributed by atoms with Gasteiger partial charge in [-0.3, -0.25) is 4.79 Å². The average molecular weight is 252 g/mol. The highest BCUT2D eigenvalue weighted by Crippen LogP contribution is 2.30. The lowest BCUT2D eigenvalue weighted by Gasteiger charge is -2.31. The van der Waals surface area contributed by atoms with E-state index in [2.05, 4.69) is 24.1 Å². The molecule has 2 aliphatic rings. The van der Waals surface area contributed by atoms with Crippen LogP contribution in [-0.4, -0.2) is 37.2 Å². The zero-order valence-corrected chi connectivity index (χ0v) is 11.2. The molecule has 0 spiro atoms. The molecule has 1 saturated heterocycles. The number of rotatable bonds is 6. The fraction of sp³-hybridized carbons (Fsp3) is 0.786. The van der Waals surface area contributed by atoms with Crippen LogP contribution in [-0.2, 0) is 9.53 Å². The second-order valence-electron chi connectivity index (χ2n) is 5.56. The van der Waals surface area contributed by atoms with Crippen molar-refractivity contribution in [1.29, 1.82) is 0 Å². The third-order valence-electron chi connectivity index (χ3n) is 4.00. The van der Waals surface area contributed by atoms with Crippen molar-refractivity contribution in [2.75, 3.05) is 13.2 Å². The molecule has 18 heavy (non-hydrogen) atoms. The topological polar surface area (TPSA) is 50.4 Å². The summed E-state index contributed by atoms with van der Waals surface area (Å²) >= 11 is 0. The van der Waals surface area contributed by atoms with Crippen molar-refractivity contribution in [2.45, 2.75) is 50.7 Å². The van der Waals surface area contributed by atoms with Gasteiger partial charge in [0.2, 0.25) is 5.91 Å². The van der Waals surface area contributed by atoms with Crippen LogP contribution in [0.4, 0.5) is 0 Å². The molecule has 2 fully saturated rings. The highest BCUT2D eigenvalue weighted by Gasteiger charge is 2.30. The molecular formula is C14H24N2O2. The Hall–Kier alpha value is -0.870. The van der Waals surface area contributed by atoms with E-state index in [0.29, 0.717) is 19.3 Å². The fourth-order valence-corrected chi connectivity index (χ4v) is 2.76. The second kappa shape index (κ2) is 6.34. The van der Waals surface area contributed by atoms with Crippen LogP contribution in [0, 0.1) is 5.92 Å². The Morgan fingerprint density at radius 3 is 2.78 bits per heavy atom. The van der Waals surface area contributed by atoms with Crippen LogP contribution in [0.15, 0.2) is 12.7 Å². The minimum absolute atomic E-state index is 0.0688. The third kappa shape index (κ3) is 3.56. The van der Waals surface area contributed by atoms with E-state index >= 15 is 0 Å². The van der Waals surface area contributed by atoms with Crippen molar-refractivity contribution in [2.24, 2.45) is 5.92 Å². The first-order chi connectivity index (χ1) is 8.69. The molecule has 2 N–H and O–H groups in total. The number of hydrogen-bond donors (Lipinski definition) is 2. The van der Waals surface area contributed by atoms with Gasteiger partial charge in [0, 0.05) is 6.04 Å². The minimum Gasteiger partial charge on any atom is -0.378 e. The highest BCUT2D eigenvalue weighted by atomic mass is 16.5. The van der Waals surface area contributed by atoms with Gasteiger partial charge in [0.05, 0.1) is 25.3 Å². The predicted octanol–water partition coefficient (Wildman–Crippen LogP) is 1.22. The van der Waals surface area contributed by atoms with E-state index in [1.807, 2.05) is 0 Å². The standard InChI is InChI=1S/C14H24N2O2/c1-3-14(17)16-13-9-18-8-12(13)15-10(2)7-11-5-4-6-11/h3,10-13,15H,1,4-9H2,2H3,(H,16,17). The molecule has 4 nitrogen and oxygen atoms in total. The molecule has 1 aliphatic heterocycles. The molecule has 4 heteroatoms. The predicted molar refractivity (Wildman–Crippen MR) is 71.3 cm³/mol. The second-order valence-corrected chi connectivity index (χ2v) is 5.56. The summed E-state index contributed by atoms with van der Waals surface area (Å²) in [4.78, 5) is 11.3. The van der Waals surface area contributed by atoms with Gasteiger partial charge in [0.1, 0.15) is 0 Å². The number of ether oxygens (including phenoxy) is 1. The molecule has 0 radical (unpaired) electrons. The van der Waals surface area contributed by atoms with Crippen LogP contribution in [0.25, 0.3) is 0 Å². The maximum Gasteiger partial charge on any atom is 0.243 e. The molecule has 0 aromatic heterocycles. The lowest BCUT2D eigenvalue weighted by molar-refractivity contribution is -0.117. The van der Waals surface area contributed by atoms with E-state index in [0.717, 1.165) is 5.92 Å². The molecular weight excluding hydrogens is 228 g/mol. The Bertz CT molecular complexity index is 302. The van der Waals surface area contributed by atoms with E-state index in [9.17, 15) is 4.79 Å². The van der Waals surface area contributed by atoms with Crippen LogP contribution in [0.1, 0.15) is 32.6 Å². The minimum atomic E-state index is -0.121. The maximum atomic E-state index is 11.3. The molecule has 1 heterocycles. The summed E-state index contributed by atoms with van der Waals surface area (Å²) in [5, 5.41) is 6.50. The molecule has 3 unspecified atom stereocenters. The number of amides is 1. The summed E-state index contributed by atoms with van der Waals surface area (Å²) in [6.07, 6.45) is 6.70. The number of nitrogens with one attached hydrogen (secondary N) is 2. The number of carbonyl (C=O) groups is 1. The molecule has 0 bridgehead atoms. The van der Waals surface area contributed by atoms with Gasteiger partial charge in [-0.25, -0.2) is 0 Å². The van der Waals surface area contributed by atoms with Crippen molar-refractivity contribution >= 4 is 5.91 Å². The summed E-state index contributed by atoms with van der Waals surface area (Å²) in [6.45, 7) is 6.97. The molecule has 1 aliphatic carbocycles. The average Bonchev–Trinajstić information content (AvgIpc) is 2.71. The Balaban J connectivity index is 1.75. The Morgan fingerprint density at radius 1 is 1.44 bits per heavy atom. The zero-order chi connectivity index (χ0) is 13.0. The lowest BCUT2D eigenvalue weighted by Crippen LogP contribution is -2.51. The first-order valence-electron chi connectivity index (χ1n) is 6.95.